The van der Waals surface area contributed by atoms with Crippen LogP contribution < -0.4 is 10.5 Å². The van der Waals surface area contributed by atoms with Crippen molar-refractivity contribution >= 4 is 16.0 Å². The Bertz CT molecular complexity index is 716. The molecule has 1 saturated carbocycles. The summed E-state index contributed by atoms with van der Waals surface area (Å²) >= 11 is 0. The summed E-state index contributed by atoms with van der Waals surface area (Å²) in [5.41, 5.74) is 1.06. The third-order valence-corrected chi connectivity index (χ3v) is 6.45. The maximum absolute atomic E-state index is 11.3. The largest absolute Gasteiger partial charge is 0.357 e. The maximum atomic E-state index is 11.3. The molecule has 0 radical (unpaired) electrons. The summed E-state index contributed by atoms with van der Waals surface area (Å²) in [5, 5.41) is 8.57. The molecule has 2 fully saturated rings. The molecule has 2 atom stereocenters. The number of benzene rings is 1. The number of aliphatic imine (C=N–C) groups is 1. The zero-order valence-electron chi connectivity index (χ0n) is 15.5. The first-order chi connectivity index (χ1) is 12.5. The summed E-state index contributed by atoms with van der Waals surface area (Å²) in [5.74, 6) is 2.68. The maximum Gasteiger partial charge on any atom is 0.238 e. The van der Waals surface area contributed by atoms with Gasteiger partial charge in [-0.05, 0) is 55.7 Å². The lowest BCUT2D eigenvalue weighted by Gasteiger charge is -2.22. The molecule has 2 unspecified atom stereocenters. The van der Waals surface area contributed by atoms with Crippen LogP contribution in [0.4, 0.5) is 0 Å². The van der Waals surface area contributed by atoms with Crippen LogP contribution in [0.15, 0.2) is 34.2 Å². The average molecular weight is 379 g/mol. The van der Waals surface area contributed by atoms with Gasteiger partial charge in [0.15, 0.2) is 5.96 Å². The lowest BCUT2D eigenvalue weighted by atomic mass is 9.82. The molecule has 26 heavy (non-hydrogen) atoms. The first-order valence-corrected chi connectivity index (χ1v) is 11.2. The minimum Gasteiger partial charge on any atom is -0.357 e. The van der Waals surface area contributed by atoms with Gasteiger partial charge < -0.3 is 10.2 Å². The van der Waals surface area contributed by atoms with Crippen molar-refractivity contribution in [3.8, 4) is 0 Å². The highest BCUT2D eigenvalue weighted by molar-refractivity contribution is 7.89. The number of sulfonamides is 1. The van der Waals surface area contributed by atoms with E-state index in [1.807, 2.05) is 12.1 Å². The van der Waals surface area contributed by atoms with E-state index in [4.69, 9.17) is 10.1 Å². The molecule has 144 valence electrons. The van der Waals surface area contributed by atoms with E-state index in [0.717, 1.165) is 49.4 Å². The van der Waals surface area contributed by atoms with Crippen molar-refractivity contribution in [3.05, 3.63) is 29.8 Å². The molecule has 1 aliphatic heterocycles. The topological polar surface area (TPSA) is 87.8 Å². The van der Waals surface area contributed by atoms with E-state index < -0.39 is 10.0 Å². The summed E-state index contributed by atoms with van der Waals surface area (Å²) in [6.45, 7) is 5.90. The molecule has 1 aromatic rings. The summed E-state index contributed by atoms with van der Waals surface area (Å²) in [6, 6.07) is 6.74. The predicted molar refractivity (Wildman–Crippen MR) is 105 cm³/mol. The van der Waals surface area contributed by atoms with Crippen LogP contribution >= 0.6 is 0 Å². The SMILES string of the molecule is CCNC(=NCCc1ccc(S(N)(=O)=O)cc1)N1CC2CCCCC2C1. The lowest BCUT2D eigenvalue weighted by Crippen LogP contribution is -2.40. The van der Waals surface area contributed by atoms with E-state index >= 15 is 0 Å². The van der Waals surface area contributed by atoms with Crippen LogP contribution in [0.3, 0.4) is 0 Å². The Balaban J connectivity index is 1.59. The van der Waals surface area contributed by atoms with Crippen molar-refractivity contribution in [2.75, 3.05) is 26.2 Å². The van der Waals surface area contributed by atoms with E-state index in [-0.39, 0.29) is 4.90 Å². The van der Waals surface area contributed by atoms with Gasteiger partial charge in [0, 0.05) is 26.2 Å². The standard InChI is InChI=1S/C19H30N4O2S/c1-2-21-19(23-13-16-5-3-4-6-17(16)14-23)22-12-11-15-7-9-18(10-8-15)26(20,24)25/h7-10,16-17H,2-6,11-14H2,1H3,(H,21,22)(H2,20,24,25). The third-order valence-electron chi connectivity index (χ3n) is 5.52. The van der Waals surface area contributed by atoms with Gasteiger partial charge in [0.2, 0.25) is 10.0 Å². The second-order valence-electron chi connectivity index (χ2n) is 7.38. The number of likely N-dealkylation sites (tertiary alicyclic amines) is 1. The molecule has 1 aliphatic carbocycles. The minimum absolute atomic E-state index is 0.151. The number of hydrogen-bond donors (Lipinski definition) is 2. The van der Waals surface area contributed by atoms with Crippen molar-refractivity contribution in [1.82, 2.24) is 10.2 Å². The fourth-order valence-electron chi connectivity index (χ4n) is 4.14. The highest BCUT2D eigenvalue weighted by Crippen LogP contribution is 2.35. The van der Waals surface area contributed by atoms with Crippen LogP contribution in [0, 0.1) is 11.8 Å². The summed E-state index contributed by atoms with van der Waals surface area (Å²) in [7, 11) is -3.63. The molecular formula is C19H30N4O2S. The molecule has 0 spiro atoms. The molecule has 3 N–H and O–H groups in total. The Morgan fingerprint density at radius 3 is 2.35 bits per heavy atom. The van der Waals surface area contributed by atoms with E-state index in [2.05, 4.69) is 17.1 Å². The Morgan fingerprint density at radius 2 is 1.81 bits per heavy atom. The van der Waals surface area contributed by atoms with Crippen LogP contribution in [0.2, 0.25) is 0 Å². The molecule has 0 bridgehead atoms. The van der Waals surface area contributed by atoms with Gasteiger partial charge in [-0.1, -0.05) is 25.0 Å². The molecule has 0 aromatic heterocycles. The van der Waals surface area contributed by atoms with Crippen molar-refractivity contribution in [1.29, 1.82) is 0 Å². The normalized spacial score (nSPS) is 23.8. The summed E-state index contributed by atoms with van der Waals surface area (Å²) in [4.78, 5) is 7.38. The van der Waals surface area contributed by atoms with Crippen molar-refractivity contribution in [2.45, 2.75) is 43.9 Å². The van der Waals surface area contributed by atoms with Crippen LogP contribution in [-0.2, 0) is 16.4 Å². The second-order valence-corrected chi connectivity index (χ2v) is 8.95. The molecule has 1 aromatic carbocycles. The van der Waals surface area contributed by atoms with E-state index in [1.165, 1.54) is 25.7 Å². The van der Waals surface area contributed by atoms with Gasteiger partial charge in [-0.3, -0.25) is 4.99 Å². The number of guanidine groups is 1. The quantitative estimate of drug-likeness (QED) is 0.606. The molecular weight excluding hydrogens is 348 g/mol. The first kappa shape index (κ1) is 19.2. The van der Waals surface area contributed by atoms with E-state index in [9.17, 15) is 8.42 Å². The number of fused-ring (bicyclic) bond motifs is 1. The van der Waals surface area contributed by atoms with Crippen molar-refractivity contribution in [3.63, 3.8) is 0 Å². The minimum atomic E-state index is -3.63. The average Bonchev–Trinajstić information content (AvgIpc) is 3.04. The van der Waals surface area contributed by atoms with Crippen molar-refractivity contribution < 1.29 is 8.42 Å². The zero-order chi connectivity index (χ0) is 18.6. The van der Waals surface area contributed by atoms with Gasteiger partial charge >= 0.3 is 0 Å². The fraction of sp³-hybridized carbons (Fsp3) is 0.632. The molecule has 1 saturated heterocycles. The molecule has 7 heteroatoms. The second kappa shape index (κ2) is 8.39. The predicted octanol–water partition coefficient (Wildman–Crippen LogP) is 1.96. The number of nitrogens with zero attached hydrogens (tertiary/aromatic N) is 2. The summed E-state index contributed by atoms with van der Waals surface area (Å²) < 4.78 is 22.6. The van der Waals surface area contributed by atoms with Gasteiger partial charge in [-0.15, -0.1) is 0 Å². The Morgan fingerprint density at radius 1 is 1.19 bits per heavy atom. The molecule has 1 heterocycles. The van der Waals surface area contributed by atoms with Crippen LogP contribution in [-0.4, -0.2) is 45.5 Å². The highest BCUT2D eigenvalue weighted by Gasteiger charge is 2.35. The number of primary sulfonamides is 1. The molecule has 0 amide bonds. The highest BCUT2D eigenvalue weighted by atomic mass is 32.2. The van der Waals surface area contributed by atoms with Gasteiger partial charge in [-0.25, -0.2) is 13.6 Å². The Hall–Kier alpha value is -1.60. The molecule has 6 nitrogen and oxygen atoms in total. The lowest BCUT2D eigenvalue weighted by molar-refractivity contribution is 0.299. The zero-order valence-corrected chi connectivity index (χ0v) is 16.3. The smallest absolute Gasteiger partial charge is 0.238 e. The van der Waals surface area contributed by atoms with Crippen LogP contribution in [0.25, 0.3) is 0 Å². The Labute approximate surface area is 156 Å². The van der Waals surface area contributed by atoms with Gasteiger partial charge in [0.1, 0.15) is 0 Å². The van der Waals surface area contributed by atoms with E-state index in [1.54, 1.807) is 12.1 Å². The van der Waals surface area contributed by atoms with Gasteiger partial charge in [0.25, 0.3) is 0 Å². The summed E-state index contributed by atoms with van der Waals surface area (Å²) in [6.07, 6.45) is 6.24. The first-order valence-electron chi connectivity index (χ1n) is 9.62. The van der Waals surface area contributed by atoms with Gasteiger partial charge in [0.05, 0.1) is 4.90 Å². The van der Waals surface area contributed by atoms with E-state index in [0.29, 0.717) is 6.54 Å². The Kier molecular flexibility index (Phi) is 6.19. The number of rotatable bonds is 5. The third kappa shape index (κ3) is 4.76. The van der Waals surface area contributed by atoms with Crippen LogP contribution in [0.5, 0.6) is 0 Å². The molecule has 3 rings (SSSR count). The number of hydrogen-bond acceptors (Lipinski definition) is 3. The number of nitrogens with two attached hydrogens (primary N) is 1. The monoisotopic (exact) mass is 378 g/mol. The van der Waals surface area contributed by atoms with Crippen LogP contribution in [0.1, 0.15) is 38.2 Å². The van der Waals surface area contributed by atoms with Crippen molar-refractivity contribution in [2.24, 2.45) is 22.0 Å². The fourth-order valence-corrected chi connectivity index (χ4v) is 4.66. The van der Waals surface area contributed by atoms with Gasteiger partial charge in [-0.2, -0.15) is 0 Å². The molecule has 2 aliphatic rings. The number of nitrogens with one attached hydrogen (secondary N) is 1.